The van der Waals surface area contributed by atoms with Crippen LogP contribution in [-0.2, 0) is 0 Å². The lowest BCUT2D eigenvalue weighted by molar-refractivity contribution is 0.304. The van der Waals surface area contributed by atoms with Gasteiger partial charge in [0.2, 0.25) is 0 Å². The van der Waals surface area contributed by atoms with E-state index in [0.717, 1.165) is 29.9 Å². The first kappa shape index (κ1) is 38.2. The molecule has 0 aliphatic heterocycles. The summed E-state index contributed by atoms with van der Waals surface area (Å²) in [6, 6.07) is 68.6. The molecule has 8 aromatic rings. The Morgan fingerprint density at radius 2 is 0.483 bits per heavy atom. The van der Waals surface area contributed by atoms with Crippen LogP contribution in [0, 0.1) is 0 Å². The number of rotatable bonds is 15. The summed E-state index contributed by atoms with van der Waals surface area (Å²) in [6.45, 7) is 3.05. The lowest BCUT2D eigenvalue weighted by Crippen LogP contribution is -1.97. The van der Waals surface area contributed by atoms with Gasteiger partial charge in [-0.3, -0.25) is 0 Å². The summed E-state index contributed by atoms with van der Waals surface area (Å²) < 4.78 is 5.99. The van der Waals surface area contributed by atoms with E-state index >= 15 is 0 Å². The first-order chi connectivity index (χ1) is 28.6. The van der Waals surface area contributed by atoms with E-state index in [0.29, 0.717) is 0 Å². The smallest absolute Gasteiger partial charge is 0.119 e. The van der Waals surface area contributed by atoms with Gasteiger partial charge in [-0.25, -0.2) is 0 Å². The topological polar surface area (TPSA) is 29.5 Å². The number of hydrogen-bond acceptors (Lipinski definition) is 2. The van der Waals surface area contributed by atoms with Crippen LogP contribution in [0.3, 0.4) is 0 Å². The minimum absolute atomic E-state index is 0.281. The minimum atomic E-state index is 0.281. The maximum absolute atomic E-state index is 9.60. The molecule has 0 aliphatic carbocycles. The van der Waals surface area contributed by atoms with Crippen LogP contribution in [0.25, 0.3) is 77.9 Å². The van der Waals surface area contributed by atoms with Crippen molar-refractivity contribution in [1.82, 2.24) is 0 Å². The molecule has 8 aromatic carbocycles. The molecule has 0 amide bonds. The van der Waals surface area contributed by atoms with Gasteiger partial charge in [0.05, 0.1) is 6.61 Å². The Balaban J connectivity index is 0.844. The van der Waals surface area contributed by atoms with Crippen LogP contribution in [0.1, 0.15) is 45.4 Å². The normalized spacial score (nSPS) is 11.1. The molecule has 0 bridgehead atoms. The second kappa shape index (κ2) is 18.5. The lowest BCUT2D eigenvalue weighted by atomic mass is 9.95. The van der Waals surface area contributed by atoms with Crippen LogP contribution >= 0.6 is 0 Å². The third-order valence-corrected chi connectivity index (χ3v) is 11.1. The standard InChI is InChI=1S/C56H50O2/c1-2-3-4-5-6-7-40-58-56-38-34-54(35-39-56)52-30-26-50(27-31-52)48-22-18-46(19-23-48)44-14-10-42(11-15-44)41-8-12-43(13-9-41)45-16-20-47(21-17-45)49-24-28-51(29-25-49)53-32-36-55(57)37-33-53/h8-39,57H,2-7,40H2,1H3. The highest BCUT2D eigenvalue weighted by Gasteiger charge is 2.07. The van der Waals surface area contributed by atoms with Gasteiger partial charge in [-0.2, -0.15) is 0 Å². The molecule has 0 fully saturated rings. The van der Waals surface area contributed by atoms with Crippen LogP contribution in [-0.4, -0.2) is 11.7 Å². The van der Waals surface area contributed by atoms with Crippen LogP contribution in [0.4, 0.5) is 0 Å². The average Bonchev–Trinajstić information content (AvgIpc) is 3.30. The number of hydrogen-bond donors (Lipinski definition) is 1. The van der Waals surface area contributed by atoms with Crippen molar-refractivity contribution >= 4 is 0 Å². The van der Waals surface area contributed by atoms with Gasteiger partial charge < -0.3 is 9.84 Å². The molecular formula is C56H50O2. The van der Waals surface area contributed by atoms with Crippen LogP contribution in [0.5, 0.6) is 11.5 Å². The van der Waals surface area contributed by atoms with Crippen molar-refractivity contribution in [2.24, 2.45) is 0 Å². The molecule has 2 nitrogen and oxygen atoms in total. The number of benzene rings is 8. The molecule has 0 aromatic heterocycles. The SMILES string of the molecule is CCCCCCCCOc1ccc(-c2ccc(-c3ccc(-c4ccc(-c5ccc(-c6ccc(-c7ccc(-c8ccc(O)cc8)cc7)cc6)cc5)cc4)cc3)cc2)cc1. The molecule has 1 N–H and O–H groups in total. The predicted octanol–water partition coefficient (Wildman–Crippen LogP) is 15.8. The fourth-order valence-corrected chi connectivity index (χ4v) is 7.60. The summed E-state index contributed by atoms with van der Waals surface area (Å²) in [5.41, 5.74) is 16.6. The Kier molecular flexibility index (Phi) is 12.2. The van der Waals surface area contributed by atoms with E-state index in [4.69, 9.17) is 4.74 Å². The third-order valence-electron chi connectivity index (χ3n) is 11.1. The van der Waals surface area contributed by atoms with E-state index in [1.807, 2.05) is 12.1 Å². The van der Waals surface area contributed by atoms with Gasteiger partial charge in [-0.15, -0.1) is 0 Å². The van der Waals surface area contributed by atoms with Crippen molar-refractivity contribution in [2.45, 2.75) is 45.4 Å². The summed E-state index contributed by atoms with van der Waals surface area (Å²) in [5.74, 6) is 1.23. The summed E-state index contributed by atoms with van der Waals surface area (Å²) in [4.78, 5) is 0. The zero-order chi connectivity index (χ0) is 39.5. The summed E-state index contributed by atoms with van der Waals surface area (Å²) >= 11 is 0. The maximum atomic E-state index is 9.60. The van der Waals surface area contributed by atoms with Gasteiger partial charge in [-0.1, -0.05) is 209 Å². The number of phenols is 1. The van der Waals surface area contributed by atoms with Gasteiger partial charge in [0.25, 0.3) is 0 Å². The Morgan fingerprint density at radius 1 is 0.276 bits per heavy atom. The van der Waals surface area contributed by atoms with Crippen molar-refractivity contribution in [3.05, 3.63) is 194 Å². The Hall–Kier alpha value is -6.64. The van der Waals surface area contributed by atoms with Crippen molar-refractivity contribution in [2.75, 3.05) is 6.61 Å². The molecule has 0 saturated carbocycles. The molecule has 0 saturated heterocycles. The number of phenolic OH excluding ortho intramolecular Hbond substituents is 1. The van der Waals surface area contributed by atoms with Gasteiger partial charge in [0.1, 0.15) is 11.5 Å². The Bertz CT molecular complexity index is 2480. The van der Waals surface area contributed by atoms with E-state index in [1.54, 1.807) is 12.1 Å². The van der Waals surface area contributed by atoms with Crippen LogP contribution < -0.4 is 4.74 Å². The van der Waals surface area contributed by atoms with Crippen molar-refractivity contribution in [3.8, 4) is 89.4 Å². The first-order valence-electron chi connectivity index (χ1n) is 20.7. The summed E-state index contributed by atoms with van der Waals surface area (Å²) in [6.07, 6.45) is 7.64. The lowest BCUT2D eigenvalue weighted by Gasteiger charge is -2.10. The van der Waals surface area contributed by atoms with E-state index in [9.17, 15) is 5.11 Å². The quantitative estimate of drug-likeness (QED) is 0.106. The number of ether oxygens (including phenoxy) is 1. The second-order valence-electron chi connectivity index (χ2n) is 15.2. The molecule has 0 heterocycles. The largest absolute Gasteiger partial charge is 0.508 e. The third kappa shape index (κ3) is 9.48. The Labute approximate surface area is 344 Å². The molecule has 2 heteroatoms. The van der Waals surface area contributed by atoms with E-state index in [2.05, 4.69) is 177 Å². The second-order valence-corrected chi connectivity index (χ2v) is 15.2. The first-order valence-corrected chi connectivity index (χ1v) is 20.7. The van der Waals surface area contributed by atoms with Gasteiger partial charge >= 0.3 is 0 Å². The van der Waals surface area contributed by atoms with E-state index in [1.165, 1.54) is 98.9 Å². The van der Waals surface area contributed by atoms with Gasteiger partial charge in [-0.05, 0) is 109 Å². The highest BCUT2D eigenvalue weighted by molar-refractivity contribution is 5.77. The molecule has 8 rings (SSSR count). The predicted molar refractivity (Wildman–Crippen MR) is 245 cm³/mol. The van der Waals surface area contributed by atoms with Crippen LogP contribution in [0.2, 0.25) is 0 Å². The number of unbranched alkanes of at least 4 members (excludes halogenated alkanes) is 5. The molecular weight excluding hydrogens is 705 g/mol. The molecule has 286 valence electrons. The van der Waals surface area contributed by atoms with Crippen molar-refractivity contribution in [3.63, 3.8) is 0 Å². The van der Waals surface area contributed by atoms with Gasteiger partial charge in [0, 0.05) is 0 Å². The zero-order valence-electron chi connectivity index (χ0n) is 33.3. The minimum Gasteiger partial charge on any atom is -0.508 e. The summed E-state index contributed by atoms with van der Waals surface area (Å²) in [7, 11) is 0. The highest BCUT2D eigenvalue weighted by atomic mass is 16.5. The van der Waals surface area contributed by atoms with E-state index < -0.39 is 0 Å². The zero-order valence-corrected chi connectivity index (χ0v) is 33.3. The fourth-order valence-electron chi connectivity index (χ4n) is 7.60. The van der Waals surface area contributed by atoms with Crippen molar-refractivity contribution in [1.29, 1.82) is 0 Å². The monoisotopic (exact) mass is 754 g/mol. The highest BCUT2D eigenvalue weighted by Crippen LogP contribution is 2.32. The molecule has 0 atom stereocenters. The molecule has 0 radical (unpaired) electrons. The maximum Gasteiger partial charge on any atom is 0.119 e. The average molecular weight is 755 g/mol. The van der Waals surface area contributed by atoms with E-state index in [-0.39, 0.29) is 5.75 Å². The molecule has 0 unspecified atom stereocenters. The van der Waals surface area contributed by atoms with Crippen molar-refractivity contribution < 1.29 is 9.84 Å². The van der Waals surface area contributed by atoms with Gasteiger partial charge in [0.15, 0.2) is 0 Å². The molecule has 0 aliphatic rings. The fraction of sp³-hybridized carbons (Fsp3) is 0.143. The molecule has 58 heavy (non-hydrogen) atoms. The summed E-state index contributed by atoms with van der Waals surface area (Å²) in [5, 5.41) is 9.60. The van der Waals surface area contributed by atoms with Crippen LogP contribution in [0.15, 0.2) is 194 Å². The Morgan fingerprint density at radius 3 is 0.741 bits per heavy atom. The number of aromatic hydroxyl groups is 1. The molecule has 0 spiro atoms.